The smallest absolute Gasteiger partial charge is 0.238 e. The molecule has 9 aromatic carbocycles. The maximum Gasteiger partial charge on any atom is 0.238 e. The largest absolute Gasteiger partial charge is 0.456 e. The molecular weight excluding hydrogens is 891 g/mol. The van der Waals surface area contributed by atoms with Crippen LogP contribution >= 0.6 is 11.3 Å². The fourth-order valence-corrected chi connectivity index (χ4v) is 16.8. The number of para-hydroxylation sites is 1. The average Bonchev–Trinajstić information content (AvgIpc) is 4.12. The fraction of sp³-hybridized carbons (Fsp3) is 0. The van der Waals surface area contributed by atoms with E-state index in [1.807, 2.05) is 35.7 Å². The second kappa shape index (κ2) is 16.2. The van der Waals surface area contributed by atoms with Gasteiger partial charge in [0.25, 0.3) is 0 Å². The second-order valence-corrected chi connectivity index (χ2v) is 22.6. The highest BCUT2D eigenvalue weighted by atomic mass is 32.1. The van der Waals surface area contributed by atoms with Crippen molar-refractivity contribution in [2.24, 2.45) is 0 Å². The molecule has 0 bridgehead atoms. The van der Waals surface area contributed by atoms with Gasteiger partial charge in [0.15, 0.2) is 19.7 Å². The third-order valence-corrected chi connectivity index (χ3v) is 20.0. The quantitative estimate of drug-likeness (QED) is 0.112. The molecule has 0 amide bonds. The van der Waals surface area contributed by atoms with E-state index in [0.29, 0.717) is 17.6 Å². The first-order chi connectivity index (χ1) is 34.7. The van der Waals surface area contributed by atoms with Gasteiger partial charge >= 0.3 is 0 Å². The van der Waals surface area contributed by atoms with Crippen molar-refractivity contribution in [3.63, 3.8) is 0 Å². The topological polar surface area (TPSA) is 69.6 Å². The highest BCUT2D eigenvalue weighted by Crippen LogP contribution is 2.42. The summed E-state index contributed by atoms with van der Waals surface area (Å²) in [5, 5.41) is 11.8. The lowest BCUT2D eigenvalue weighted by atomic mass is 10.0. The van der Waals surface area contributed by atoms with Crippen molar-refractivity contribution in [1.82, 2.24) is 24.5 Å². The van der Waals surface area contributed by atoms with Gasteiger partial charge in [-0.15, -0.1) is 11.3 Å². The maximum absolute atomic E-state index is 6.38. The van der Waals surface area contributed by atoms with Gasteiger partial charge in [-0.05, 0) is 68.3 Å². The molecule has 70 heavy (non-hydrogen) atoms. The number of hydrogen-bond acceptors (Lipinski definition) is 6. The van der Waals surface area contributed by atoms with Crippen LogP contribution in [0.2, 0.25) is 0 Å². The predicted octanol–water partition coefficient (Wildman–Crippen LogP) is 13.0. The van der Waals surface area contributed by atoms with Crippen LogP contribution < -0.4 is 20.7 Å². The third-order valence-electron chi connectivity index (χ3n) is 13.9. The Morgan fingerprint density at radius 2 is 1.01 bits per heavy atom. The molecule has 0 aliphatic heterocycles. The van der Waals surface area contributed by atoms with E-state index in [9.17, 15) is 0 Å². The van der Waals surface area contributed by atoms with Gasteiger partial charge in [0.1, 0.15) is 11.2 Å². The first-order valence-corrected chi connectivity index (χ1v) is 26.3. The Bertz CT molecular complexity index is 4200. The molecule has 0 fully saturated rings. The van der Waals surface area contributed by atoms with Gasteiger partial charge in [-0.1, -0.05) is 188 Å². The molecule has 0 radical (unpaired) electrons. The van der Waals surface area contributed by atoms with Crippen molar-refractivity contribution in [3.8, 4) is 39.9 Å². The molecule has 5 heterocycles. The van der Waals surface area contributed by atoms with Crippen LogP contribution in [0.15, 0.2) is 241 Å². The Hall–Kier alpha value is -8.82. The van der Waals surface area contributed by atoms with Crippen molar-refractivity contribution in [2.75, 3.05) is 0 Å². The van der Waals surface area contributed by atoms with E-state index < -0.39 is 8.07 Å². The minimum atomic E-state index is -2.78. The van der Waals surface area contributed by atoms with Crippen LogP contribution in [0.4, 0.5) is 0 Å². The van der Waals surface area contributed by atoms with Gasteiger partial charge in [-0.2, -0.15) is 9.97 Å². The number of benzene rings is 9. The monoisotopic (exact) mass is 929 g/mol. The number of pyridine rings is 1. The fourth-order valence-electron chi connectivity index (χ4n) is 10.8. The molecule has 0 spiro atoms. The molecular formula is C62H39N5OSSi. The summed E-state index contributed by atoms with van der Waals surface area (Å²) in [5.74, 6) is 1.64. The van der Waals surface area contributed by atoms with Crippen LogP contribution in [0, 0.1) is 0 Å². The van der Waals surface area contributed by atoms with Gasteiger partial charge in [-0.3, -0.25) is 9.55 Å². The summed E-state index contributed by atoms with van der Waals surface area (Å²) in [6, 6.07) is 80.7. The molecule has 0 aliphatic carbocycles. The van der Waals surface area contributed by atoms with E-state index in [0.717, 1.165) is 60.4 Å². The number of hydrogen-bond donors (Lipinski definition) is 0. The van der Waals surface area contributed by atoms with Crippen LogP contribution in [-0.2, 0) is 0 Å². The standard InChI is InChI=1S/C62H39N5OSSi/c1-4-16-42(17-5-1)70(43-18-6-2-7-19-43,44-20-8-3-9-21-44)45-33-30-40(31-34-45)60-64-61(50-26-15-28-56-58(50)52-39-63-37-36-55(52)68-56)66-62(65-60)67-53-27-12-10-22-47(53)51-38-41(32-35-54(51)67)46-24-14-25-49-48-23-11-13-29-57(48)69-59(46)49/h1-39H. The summed E-state index contributed by atoms with van der Waals surface area (Å²) in [6.45, 7) is 0. The van der Waals surface area contributed by atoms with E-state index in [-0.39, 0.29) is 0 Å². The maximum atomic E-state index is 6.38. The summed E-state index contributed by atoms with van der Waals surface area (Å²) in [7, 11) is -2.78. The van der Waals surface area contributed by atoms with E-state index in [4.69, 9.17) is 19.4 Å². The van der Waals surface area contributed by atoms with Gasteiger partial charge in [0, 0.05) is 65.2 Å². The first kappa shape index (κ1) is 40.3. The van der Waals surface area contributed by atoms with Gasteiger partial charge < -0.3 is 4.42 Å². The number of rotatable bonds is 8. The van der Waals surface area contributed by atoms with Gasteiger partial charge in [0.05, 0.1) is 11.0 Å². The van der Waals surface area contributed by atoms with E-state index in [1.165, 1.54) is 46.5 Å². The van der Waals surface area contributed by atoms with E-state index >= 15 is 0 Å². The van der Waals surface area contributed by atoms with Crippen molar-refractivity contribution < 1.29 is 4.42 Å². The molecule has 14 aromatic rings. The molecule has 8 heteroatoms. The average molecular weight is 930 g/mol. The number of aromatic nitrogens is 5. The SMILES string of the molecule is c1ccc([Si](c2ccccc2)(c2ccccc2)c2ccc(-c3nc(-c4cccc5oc6ccncc6c45)nc(-n4c5ccccc5c5cc(-c6cccc7c6sc6ccccc67)ccc54)n3)cc2)cc1. The van der Waals surface area contributed by atoms with E-state index in [2.05, 4.69) is 216 Å². The predicted molar refractivity (Wildman–Crippen MR) is 292 cm³/mol. The lowest BCUT2D eigenvalue weighted by Crippen LogP contribution is -2.74. The summed E-state index contributed by atoms with van der Waals surface area (Å²) >= 11 is 1.85. The van der Waals surface area contributed by atoms with Crippen LogP contribution in [0.5, 0.6) is 0 Å². The zero-order chi connectivity index (χ0) is 46.2. The molecule has 328 valence electrons. The Kier molecular flexibility index (Phi) is 9.30. The molecule has 0 saturated heterocycles. The van der Waals surface area contributed by atoms with Crippen LogP contribution in [0.3, 0.4) is 0 Å². The van der Waals surface area contributed by atoms with Crippen molar-refractivity contribution >= 4 is 104 Å². The molecule has 0 saturated carbocycles. The van der Waals surface area contributed by atoms with Crippen molar-refractivity contribution in [1.29, 1.82) is 0 Å². The zero-order valence-electron chi connectivity index (χ0n) is 37.6. The summed E-state index contributed by atoms with van der Waals surface area (Å²) < 4.78 is 11.2. The molecule has 6 nitrogen and oxygen atoms in total. The third kappa shape index (κ3) is 6.24. The van der Waals surface area contributed by atoms with Gasteiger partial charge in [-0.25, -0.2) is 4.98 Å². The molecule has 5 aromatic heterocycles. The second-order valence-electron chi connectivity index (χ2n) is 17.7. The Morgan fingerprint density at radius 3 is 1.77 bits per heavy atom. The molecule has 0 atom stereocenters. The van der Waals surface area contributed by atoms with Crippen LogP contribution in [0.25, 0.3) is 104 Å². The van der Waals surface area contributed by atoms with Crippen molar-refractivity contribution in [3.05, 3.63) is 237 Å². The molecule has 14 rings (SSSR count). The van der Waals surface area contributed by atoms with E-state index in [1.54, 1.807) is 6.20 Å². The van der Waals surface area contributed by atoms with Crippen LogP contribution in [-0.4, -0.2) is 32.6 Å². The molecule has 0 unspecified atom stereocenters. The Labute approximate surface area is 407 Å². The summed E-state index contributed by atoms with van der Waals surface area (Å²) in [5.41, 5.74) is 7.63. The summed E-state index contributed by atoms with van der Waals surface area (Å²) in [4.78, 5) is 20.7. The van der Waals surface area contributed by atoms with Gasteiger partial charge in [0.2, 0.25) is 5.95 Å². The molecule has 0 aliphatic rings. The number of thiophene rings is 1. The summed E-state index contributed by atoms with van der Waals surface area (Å²) in [6.07, 6.45) is 3.62. The highest BCUT2D eigenvalue weighted by molar-refractivity contribution is 7.26. The lowest BCUT2D eigenvalue weighted by molar-refractivity contribution is 0.668. The van der Waals surface area contributed by atoms with Crippen molar-refractivity contribution in [2.45, 2.75) is 0 Å². The van der Waals surface area contributed by atoms with Crippen LogP contribution in [0.1, 0.15) is 0 Å². The minimum absolute atomic E-state index is 0.527. The highest BCUT2D eigenvalue weighted by Gasteiger charge is 2.41. The first-order valence-electron chi connectivity index (χ1n) is 23.4. The Morgan fingerprint density at radius 1 is 0.414 bits per heavy atom. The molecule has 0 N–H and O–H groups in total. The number of furan rings is 1. The normalized spacial score (nSPS) is 12.0. The lowest BCUT2D eigenvalue weighted by Gasteiger charge is -2.34. The minimum Gasteiger partial charge on any atom is -0.456 e. The Balaban J connectivity index is 0.990. The zero-order valence-corrected chi connectivity index (χ0v) is 39.4. The number of nitrogens with zero attached hydrogens (tertiary/aromatic N) is 5. The number of fused-ring (bicyclic) bond motifs is 9.